The predicted molar refractivity (Wildman–Crippen MR) is 115 cm³/mol. The summed E-state index contributed by atoms with van der Waals surface area (Å²) in [6.45, 7) is 0.294. The summed E-state index contributed by atoms with van der Waals surface area (Å²) in [5.74, 6) is -0.373. The SMILES string of the molecule is N#Cc1c(NC(=O)[C@H]2CCCN2S(=O)(=O)c2ccc(Cl)s2)sc2c1CCCCC2. The first kappa shape index (κ1) is 20.8. The molecule has 4 rings (SSSR count). The van der Waals surface area contributed by atoms with Crippen LogP contribution in [-0.2, 0) is 27.7 Å². The fourth-order valence-electron chi connectivity index (χ4n) is 3.99. The molecule has 0 radical (unpaired) electrons. The average Bonchev–Trinajstić information content (AvgIpc) is 3.38. The number of hydrogen-bond acceptors (Lipinski definition) is 6. The summed E-state index contributed by atoms with van der Waals surface area (Å²) in [6.07, 6.45) is 6.13. The minimum Gasteiger partial charge on any atom is -0.315 e. The van der Waals surface area contributed by atoms with Crippen LogP contribution in [0.2, 0.25) is 4.34 Å². The number of anilines is 1. The summed E-state index contributed by atoms with van der Waals surface area (Å²) in [5.41, 5.74) is 1.59. The summed E-state index contributed by atoms with van der Waals surface area (Å²) in [5, 5.41) is 13.1. The Morgan fingerprint density at radius 1 is 1.21 bits per heavy atom. The van der Waals surface area contributed by atoms with Crippen molar-refractivity contribution in [2.45, 2.75) is 55.2 Å². The number of nitrogens with one attached hydrogen (secondary N) is 1. The van der Waals surface area contributed by atoms with Crippen LogP contribution in [0.25, 0.3) is 0 Å². The number of nitriles is 1. The van der Waals surface area contributed by atoms with Crippen LogP contribution in [0.4, 0.5) is 5.00 Å². The van der Waals surface area contributed by atoms with Crippen molar-refractivity contribution < 1.29 is 13.2 Å². The van der Waals surface area contributed by atoms with Gasteiger partial charge in [0.2, 0.25) is 5.91 Å². The Kier molecular flexibility index (Phi) is 6.00. The zero-order valence-electron chi connectivity index (χ0n) is 15.6. The molecule has 29 heavy (non-hydrogen) atoms. The molecule has 1 atom stereocenters. The number of aryl methyl sites for hydroxylation is 1. The number of rotatable bonds is 4. The lowest BCUT2D eigenvalue weighted by atomic mass is 10.1. The van der Waals surface area contributed by atoms with Gasteiger partial charge in [0.1, 0.15) is 21.3 Å². The molecule has 0 bridgehead atoms. The van der Waals surface area contributed by atoms with Crippen LogP contribution in [0.5, 0.6) is 0 Å². The van der Waals surface area contributed by atoms with Crippen molar-refractivity contribution in [3.05, 3.63) is 32.5 Å². The van der Waals surface area contributed by atoms with E-state index in [9.17, 15) is 18.5 Å². The second-order valence-electron chi connectivity index (χ2n) is 7.20. The zero-order chi connectivity index (χ0) is 20.6. The van der Waals surface area contributed by atoms with E-state index in [1.54, 1.807) is 6.07 Å². The molecule has 1 fully saturated rings. The van der Waals surface area contributed by atoms with Crippen LogP contribution in [0.3, 0.4) is 0 Å². The van der Waals surface area contributed by atoms with Gasteiger partial charge in [-0.2, -0.15) is 9.57 Å². The van der Waals surface area contributed by atoms with Gasteiger partial charge in [0.15, 0.2) is 0 Å². The second kappa shape index (κ2) is 8.36. The number of fused-ring (bicyclic) bond motifs is 1. The highest BCUT2D eigenvalue weighted by Gasteiger charge is 2.40. The molecular formula is C19H20ClN3O3S3. The molecule has 1 saturated heterocycles. The third kappa shape index (κ3) is 3.97. The summed E-state index contributed by atoms with van der Waals surface area (Å²) in [7, 11) is -3.78. The van der Waals surface area contributed by atoms with Gasteiger partial charge in [0.05, 0.1) is 9.90 Å². The molecule has 154 valence electrons. The number of carbonyl (C=O) groups is 1. The molecule has 1 aliphatic heterocycles. The van der Waals surface area contributed by atoms with E-state index >= 15 is 0 Å². The molecule has 0 unspecified atom stereocenters. The van der Waals surface area contributed by atoms with E-state index in [4.69, 9.17) is 11.6 Å². The molecule has 10 heteroatoms. The molecule has 0 saturated carbocycles. The number of hydrogen-bond donors (Lipinski definition) is 1. The van der Waals surface area contributed by atoms with Crippen molar-refractivity contribution in [3.8, 4) is 6.07 Å². The molecule has 2 aliphatic rings. The number of carbonyl (C=O) groups excluding carboxylic acids is 1. The lowest BCUT2D eigenvalue weighted by molar-refractivity contribution is -0.119. The predicted octanol–water partition coefficient (Wildman–Crippen LogP) is 4.40. The quantitative estimate of drug-likeness (QED) is 0.672. The van der Waals surface area contributed by atoms with Crippen LogP contribution in [0.15, 0.2) is 16.3 Å². The van der Waals surface area contributed by atoms with Crippen LogP contribution < -0.4 is 5.32 Å². The van der Waals surface area contributed by atoms with Gasteiger partial charge in [-0.15, -0.1) is 22.7 Å². The van der Waals surface area contributed by atoms with Crippen LogP contribution in [0, 0.1) is 11.3 Å². The van der Waals surface area contributed by atoms with Crippen LogP contribution in [0.1, 0.15) is 48.1 Å². The first-order valence-electron chi connectivity index (χ1n) is 9.54. The molecule has 1 aliphatic carbocycles. The minimum absolute atomic E-state index is 0.141. The normalized spacial score (nSPS) is 20.1. The molecule has 0 spiro atoms. The number of thiophene rings is 2. The Bertz CT molecular complexity index is 1080. The lowest BCUT2D eigenvalue weighted by Crippen LogP contribution is -2.42. The highest BCUT2D eigenvalue weighted by molar-refractivity contribution is 7.91. The van der Waals surface area contributed by atoms with Crippen molar-refractivity contribution in [1.29, 1.82) is 5.26 Å². The Morgan fingerprint density at radius 3 is 2.72 bits per heavy atom. The van der Waals surface area contributed by atoms with Gasteiger partial charge < -0.3 is 5.32 Å². The monoisotopic (exact) mass is 469 g/mol. The third-order valence-electron chi connectivity index (χ3n) is 5.39. The largest absolute Gasteiger partial charge is 0.315 e. The minimum atomic E-state index is -3.78. The molecule has 1 amide bonds. The maximum Gasteiger partial charge on any atom is 0.253 e. The fourth-order valence-corrected chi connectivity index (χ4v) is 8.50. The fraction of sp³-hybridized carbons (Fsp3) is 0.474. The van der Waals surface area contributed by atoms with E-state index in [0.29, 0.717) is 34.3 Å². The molecule has 3 heterocycles. The summed E-state index contributed by atoms with van der Waals surface area (Å²) < 4.78 is 27.8. The number of halogens is 1. The van der Waals surface area contributed by atoms with Crippen LogP contribution >= 0.6 is 34.3 Å². The van der Waals surface area contributed by atoms with Crippen LogP contribution in [-0.4, -0.2) is 31.2 Å². The molecule has 6 nitrogen and oxygen atoms in total. The van der Waals surface area contributed by atoms with Gasteiger partial charge in [-0.1, -0.05) is 18.0 Å². The lowest BCUT2D eigenvalue weighted by Gasteiger charge is -2.22. The Balaban J connectivity index is 1.58. The van der Waals surface area contributed by atoms with Gasteiger partial charge in [-0.25, -0.2) is 8.42 Å². The van der Waals surface area contributed by atoms with Gasteiger partial charge in [-0.3, -0.25) is 4.79 Å². The second-order valence-corrected chi connectivity index (χ2v) is 12.1. The van der Waals surface area contributed by atoms with Crippen molar-refractivity contribution in [1.82, 2.24) is 4.31 Å². The van der Waals surface area contributed by atoms with Crippen molar-refractivity contribution in [3.63, 3.8) is 0 Å². The highest BCUT2D eigenvalue weighted by Crippen LogP contribution is 2.38. The first-order chi connectivity index (χ1) is 13.9. The first-order valence-corrected chi connectivity index (χ1v) is 13.0. The summed E-state index contributed by atoms with van der Waals surface area (Å²) >= 11 is 8.35. The van der Waals surface area contributed by atoms with E-state index in [1.807, 2.05) is 0 Å². The molecule has 2 aromatic rings. The summed E-state index contributed by atoms with van der Waals surface area (Å²) in [4.78, 5) is 14.2. The summed E-state index contributed by atoms with van der Waals surface area (Å²) in [6, 6.07) is 4.48. The Morgan fingerprint density at radius 2 is 2.00 bits per heavy atom. The Labute approximate surface area is 183 Å². The molecular weight excluding hydrogens is 450 g/mol. The standard InChI is InChI=1S/C19H20ClN3O3S3/c20-16-8-9-17(28-16)29(25,26)23-10-4-6-14(23)18(24)22-19-13(11-21)12-5-2-1-3-7-15(12)27-19/h8-9,14H,1-7,10H2,(H,22,24)/t14-/m1/s1. The van der Waals surface area contributed by atoms with Gasteiger partial charge in [0.25, 0.3) is 10.0 Å². The van der Waals surface area contributed by atoms with Crippen molar-refractivity contribution in [2.75, 3.05) is 11.9 Å². The van der Waals surface area contributed by atoms with Gasteiger partial charge >= 0.3 is 0 Å². The Hall–Kier alpha value is -1.44. The molecule has 2 aromatic heterocycles. The van der Waals surface area contributed by atoms with E-state index in [-0.39, 0.29) is 10.1 Å². The maximum absolute atomic E-state index is 13.0. The number of amides is 1. The molecule has 0 aromatic carbocycles. The van der Waals surface area contributed by atoms with E-state index in [2.05, 4.69) is 11.4 Å². The third-order valence-corrected chi connectivity index (χ3v) is 10.2. The van der Waals surface area contributed by atoms with E-state index in [0.717, 1.165) is 49.0 Å². The van der Waals surface area contributed by atoms with E-state index < -0.39 is 16.1 Å². The number of sulfonamides is 1. The topological polar surface area (TPSA) is 90.3 Å². The van der Waals surface area contributed by atoms with Gasteiger partial charge in [0, 0.05) is 11.4 Å². The van der Waals surface area contributed by atoms with Crippen molar-refractivity contribution >= 4 is 55.2 Å². The molecule has 1 N–H and O–H groups in total. The highest BCUT2D eigenvalue weighted by atomic mass is 35.5. The van der Waals surface area contributed by atoms with Gasteiger partial charge in [-0.05, 0) is 56.2 Å². The van der Waals surface area contributed by atoms with E-state index in [1.165, 1.54) is 26.6 Å². The van der Waals surface area contributed by atoms with Crippen molar-refractivity contribution in [2.24, 2.45) is 0 Å². The number of nitrogens with zero attached hydrogens (tertiary/aromatic N) is 2. The zero-order valence-corrected chi connectivity index (χ0v) is 18.8. The average molecular weight is 470 g/mol. The maximum atomic E-state index is 13.0. The smallest absolute Gasteiger partial charge is 0.253 e.